The van der Waals surface area contributed by atoms with E-state index in [0.717, 1.165) is 11.8 Å². The van der Waals surface area contributed by atoms with Crippen LogP contribution < -0.4 is 19.7 Å². The molecule has 0 bridgehead atoms. The zero-order chi connectivity index (χ0) is 25.8. The molecule has 1 fully saturated rings. The molecule has 3 amide bonds. The van der Waals surface area contributed by atoms with Crippen LogP contribution in [0.4, 0.5) is 11.4 Å². The number of nitrogens with one attached hydrogen (secondary N) is 1. The molecule has 2 heterocycles. The van der Waals surface area contributed by atoms with Gasteiger partial charge in [0.05, 0.1) is 36.1 Å². The number of nitrogens with zero attached hydrogens (tertiary/aromatic N) is 2. The van der Waals surface area contributed by atoms with Crippen LogP contribution >= 0.6 is 24.0 Å². The second kappa shape index (κ2) is 11.1. The molecule has 188 valence electrons. The number of para-hydroxylation sites is 1. The van der Waals surface area contributed by atoms with Gasteiger partial charge in [0.25, 0.3) is 11.8 Å². The van der Waals surface area contributed by atoms with Gasteiger partial charge in [-0.3, -0.25) is 24.2 Å². The highest BCUT2D eigenvalue weighted by Crippen LogP contribution is 2.44. The number of carbonyl (C=O) groups excluding carboxylic acids is 3. The van der Waals surface area contributed by atoms with Crippen molar-refractivity contribution in [2.24, 2.45) is 0 Å². The Kier molecular flexibility index (Phi) is 7.92. The highest BCUT2D eigenvalue weighted by atomic mass is 32.2. The SMILES string of the molecule is COCCCN1C(=O)/C(=C2/C(=O)N(CC(=O)Nc3ccc(OC)cc3OC)c3ccccc32)SC1=S. The van der Waals surface area contributed by atoms with Crippen molar-refractivity contribution in [1.29, 1.82) is 0 Å². The first-order valence-electron chi connectivity index (χ1n) is 11.1. The molecule has 2 aliphatic rings. The van der Waals surface area contributed by atoms with Gasteiger partial charge >= 0.3 is 0 Å². The number of ether oxygens (including phenoxy) is 3. The molecule has 0 spiro atoms. The maximum absolute atomic E-state index is 13.6. The zero-order valence-corrected chi connectivity index (χ0v) is 21.7. The van der Waals surface area contributed by atoms with E-state index in [0.29, 0.717) is 52.3 Å². The Morgan fingerprint density at radius 1 is 1.03 bits per heavy atom. The van der Waals surface area contributed by atoms with Gasteiger partial charge in [0.15, 0.2) is 0 Å². The van der Waals surface area contributed by atoms with Crippen LogP contribution in [0.3, 0.4) is 0 Å². The summed E-state index contributed by atoms with van der Waals surface area (Å²) < 4.78 is 16.0. The predicted molar refractivity (Wildman–Crippen MR) is 142 cm³/mol. The van der Waals surface area contributed by atoms with Gasteiger partial charge in [-0.2, -0.15) is 0 Å². The molecule has 0 atom stereocenters. The molecule has 2 aromatic rings. The Bertz CT molecular complexity index is 1260. The molecule has 1 N–H and O–H groups in total. The molecule has 9 nitrogen and oxygen atoms in total. The summed E-state index contributed by atoms with van der Waals surface area (Å²) in [5, 5.41) is 2.78. The summed E-state index contributed by atoms with van der Waals surface area (Å²) in [4.78, 5) is 42.9. The smallest absolute Gasteiger partial charge is 0.267 e. The Morgan fingerprint density at radius 2 is 1.81 bits per heavy atom. The lowest BCUT2D eigenvalue weighted by atomic mass is 10.1. The monoisotopic (exact) mass is 527 g/mol. The minimum absolute atomic E-state index is 0.247. The number of fused-ring (bicyclic) bond motifs is 1. The Morgan fingerprint density at radius 3 is 2.53 bits per heavy atom. The normalized spacial score (nSPS) is 17.0. The summed E-state index contributed by atoms with van der Waals surface area (Å²) in [6.07, 6.45) is 0.622. The first-order valence-corrected chi connectivity index (χ1v) is 12.3. The van der Waals surface area contributed by atoms with E-state index in [1.54, 1.807) is 49.6 Å². The van der Waals surface area contributed by atoms with Crippen LogP contribution in [0, 0.1) is 0 Å². The molecule has 2 aliphatic heterocycles. The van der Waals surface area contributed by atoms with Crippen LogP contribution in [0.5, 0.6) is 11.5 Å². The van der Waals surface area contributed by atoms with E-state index in [-0.39, 0.29) is 22.9 Å². The molecule has 36 heavy (non-hydrogen) atoms. The molecular formula is C25H25N3O6S2. The van der Waals surface area contributed by atoms with Gasteiger partial charge in [-0.15, -0.1) is 0 Å². The third kappa shape index (κ3) is 4.95. The number of amides is 3. The number of methoxy groups -OCH3 is 3. The number of hydrogen-bond acceptors (Lipinski definition) is 8. The van der Waals surface area contributed by atoms with Gasteiger partial charge in [0.2, 0.25) is 5.91 Å². The number of anilines is 2. The Hall–Kier alpha value is -3.41. The van der Waals surface area contributed by atoms with E-state index in [1.807, 2.05) is 0 Å². The molecule has 0 aromatic heterocycles. The minimum atomic E-state index is -0.426. The fraction of sp³-hybridized carbons (Fsp3) is 0.280. The summed E-state index contributed by atoms with van der Waals surface area (Å²) in [5.41, 5.74) is 1.85. The van der Waals surface area contributed by atoms with Crippen molar-refractivity contribution >= 4 is 63.0 Å². The second-order valence-electron chi connectivity index (χ2n) is 7.90. The predicted octanol–water partition coefficient (Wildman–Crippen LogP) is 3.30. The van der Waals surface area contributed by atoms with Crippen molar-refractivity contribution in [3.63, 3.8) is 0 Å². The second-order valence-corrected chi connectivity index (χ2v) is 9.54. The molecule has 0 saturated carbocycles. The number of thiocarbonyl (C=S) groups is 1. The standard InChI is InChI=1S/C25H25N3O6S2/c1-32-12-6-11-27-24(31)22(36-25(27)35)21-16-7-4-5-8-18(16)28(23(21)30)14-20(29)26-17-10-9-15(33-2)13-19(17)34-3/h4-5,7-10,13H,6,11-12,14H2,1-3H3,(H,26,29)/b22-21-. The molecule has 11 heteroatoms. The van der Waals surface area contributed by atoms with Crippen LogP contribution in [0.2, 0.25) is 0 Å². The van der Waals surface area contributed by atoms with E-state index in [9.17, 15) is 14.4 Å². The van der Waals surface area contributed by atoms with Gasteiger partial charge in [0, 0.05) is 31.9 Å². The van der Waals surface area contributed by atoms with Crippen LogP contribution in [0.1, 0.15) is 12.0 Å². The molecule has 1 saturated heterocycles. The highest BCUT2D eigenvalue weighted by molar-refractivity contribution is 8.26. The quantitative estimate of drug-likeness (QED) is 0.302. The maximum atomic E-state index is 13.6. The topological polar surface area (TPSA) is 97.4 Å². The van der Waals surface area contributed by atoms with Crippen LogP contribution in [0.15, 0.2) is 47.4 Å². The molecule has 0 radical (unpaired) electrons. The van der Waals surface area contributed by atoms with E-state index in [1.165, 1.54) is 24.0 Å². The van der Waals surface area contributed by atoms with Gasteiger partial charge < -0.3 is 19.5 Å². The molecular weight excluding hydrogens is 502 g/mol. The summed E-state index contributed by atoms with van der Waals surface area (Å²) in [7, 11) is 4.62. The maximum Gasteiger partial charge on any atom is 0.267 e. The van der Waals surface area contributed by atoms with E-state index in [4.69, 9.17) is 26.4 Å². The first kappa shape index (κ1) is 25.7. The first-order chi connectivity index (χ1) is 17.4. The van der Waals surface area contributed by atoms with Crippen LogP contribution in [0.25, 0.3) is 5.57 Å². The van der Waals surface area contributed by atoms with Gasteiger partial charge in [-0.25, -0.2) is 0 Å². The third-order valence-corrected chi connectivity index (χ3v) is 7.16. The van der Waals surface area contributed by atoms with Gasteiger partial charge in [-0.05, 0) is 24.6 Å². The van der Waals surface area contributed by atoms with E-state index in [2.05, 4.69) is 5.32 Å². The van der Waals surface area contributed by atoms with E-state index < -0.39 is 11.8 Å². The summed E-state index contributed by atoms with van der Waals surface area (Å²) >= 11 is 6.52. The molecule has 2 aromatic carbocycles. The molecule has 4 rings (SSSR count). The van der Waals surface area contributed by atoms with Gasteiger partial charge in [0.1, 0.15) is 22.4 Å². The Labute approximate surface area is 218 Å². The zero-order valence-electron chi connectivity index (χ0n) is 20.0. The number of carbonyl (C=O) groups is 3. The largest absolute Gasteiger partial charge is 0.497 e. The van der Waals surface area contributed by atoms with Crippen LogP contribution in [-0.2, 0) is 19.1 Å². The average Bonchev–Trinajstić information content (AvgIpc) is 3.31. The minimum Gasteiger partial charge on any atom is -0.497 e. The summed E-state index contributed by atoms with van der Waals surface area (Å²) in [6.45, 7) is 0.649. The lowest BCUT2D eigenvalue weighted by Gasteiger charge is -2.18. The fourth-order valence-electron chi connectivity index (χ4n) is 4.00. The highest BCUT2D eigenvalue weighted by Gasteiger charge is 2.42. The van der Waals surface area contributed by atoms with Crippen molar-refractivity contribution in [2.75, 3.05) is 51.2 Å². The number of thioether (sulfide) groups is 1. The number of benzene rings is 2. The summed E-state index contributed by atoms with van der Waals surface area (Å²) in [5.74, 6) is -0.152. The van der Waals surface area contributed by atoms with Crippen molar-refractivity contribution in [3.05, 3.63) is 52.9 Å². The average molecular weight is 528 g/mol. The van der Waals surface area contributed by atoms with Crippen molar-refractivity contribution in [3.8, 4) is 11.5 Å². The van der Waals surface area contributed by atoms with E-state index >= 15 is 0 Å². The van der Waals surface area contributed by atoms with Crippen molar-refractivity contribution in [2.45, 2.75) is 6.42 Å². The molecule has 0 unspecified atom stereocenters. The van der Waals surface area contributed by atoms with Crippen molar-refractivity contribution in [1.82, 2.24) is 4.90 Å². The lowest BCUT2D eigenvalue weighted by Crippen LogP contribution is -2.35. The third-order valence-electron chi connectivity index (χ3n) is 5.71. The van der Waals surface area contributed by atoms with Crippen LogP contribution in [-0.4, -0.2) is 68.0 Å². The molecule has 0 aliphatic carbocycles. The summed E-state index contributed by atoms with van der Waals surface area (Å²) in [6, 6.07) is 12.1. The number of hydrogen-bond donors (Lipinski definition) is 1. The van der Waals surface area contributed by atoms with Crippen molar-refractivity contribution < 1.29 is 28.6 Å². The van der Waals surface area contributed by atoms with Gasteiger partial charge in [-0.1, -0.05) is 42.2 Å². The Balaban J connectivity index is 1.59. The fourth-order valence-corrected chi connectivity index (χ4v) is 5.38. The number of rotatable bonds is 9. The lowest BCUT2D eigenvalue weighted by molar-refractivity contribution is -0.122.